The van der Waals surface area contributed by atoms with Crippen LogP contribution in [0.3, 0.4) is 0 Å². The van der Waals surface area contributed by atoms with Crippen molar-refractivity contribution in [1.82, 2.24) is 10.6 Å². The van der Waals surface area contributed by atoms with E-state index in [9.17, 15) is 14.4 Å². The largest absolute Gasteiger partial charge is 0.481 e. The summed E-state index contributed by atoms with van der Waals surface area (Å²) >= 11 is 1.37. The molecule has 7 heteroatoms. The zero-order valence-corrected chi connectivity index (χ0v) is 10.4. The summed E-state index contributed by atoms with van der Waals surface area (Å²) in [6.07, 6.45) is 1.98. The summed E-state index contributed by atoms with van der Waals surface area (Å²) in [6.45, 7) is 0. The molecule has 0 radical (unpaired) electrons. The van der Waals surface area contributed by atoms with Crippen molar-refractivity contribution in [3.8, 4) is 0 Å². The fraction of sp³-hybridized carbons (Fsp3) is 0.700. The molecular formula is C10H16N2O4S. The lowest BCUT2D eigenvalue weighted by molar-refractivity contribution is -0.138. The Morgan fingerprint density at radius 3 is 2.47 bits per heavy atom. The number of urea groups is 1. The molecule has 0 aromatic heterocycles. The minimum absolute atomic E-state index is 0.121. The van der Waals surface area contributed by atoms with Crippen LogP contribution in [0, 0.1) is 5.41 Å². The van der Waals surface area contributed by atoms with Gasteiger partial charge in [-0.3, -0.25) is 14.9 Å². The smallest absolute Gasteiger partial charge is 0.321 e. The Morgan fingerprint density at radius 2 is 2.00 bits per heavy atom. The number of hydrogen-bond acceptors (Lipinski definition) is 4. The second-order valence-electron chi connectivity index (χ2n) is 4.19. The first kappa shape index (κ1) is 13.8. The monoisotopic (exact) mass is 260 g/mol. The Balaban J connectivity index is 2.17. The average Bonchev–Trinajstić information content (AvgIpc) is 2.96. The Labute approximate surface area is 104 Å². The van der Waals surface area contributed by atoms with E-state index >= 15 is 0 Å². The molecule has 0 aromatic carbocycles. The minimum atomic E-state index is -0.794. The number of aliphatic carboxylic acids is 1. The molecule has 1 aliphatic carbocycles. The van der Waals surface area contributed by atoms with Crippen LogP contribution in [-0.4, -0.2) is 41.6 Å². The van der Waals surface area contributed by atoms with Crippen molar-refractivity contribution in [2.45, 2.75) is 19.3 Å². The van der Waals surface area contributed by atoms with Crippen LogP contribution in [0.25, 0.3) is 0 Å². The lowest BCUT2D eigenvalue weighted by Crippen LogP contribution is -2.38. The van der Waals surface area contributed by atoms with Crippen molar-refractivity contribution in [2.24, 2.45) is 5.41 Å². The maximum Gasteiger partial charge on any atom is 0.321 e. The molecule has 1 fully saturated rings. The van der Waals surface area contributed by atoms with E-state index in [2.05, 4.69) is 10.6 Å². The van der Waals surface area contributed by atoms with Gasteiger partial charge in [0.1, 0.15) is 0 Å². The van der Waals surface area contributed by atoms with E-state index in [1.807, 2.05) is 0 Å². The summed E-state index contributed by atoms with van der Waals surface area (Å²) < 4.78 is 0. The predicted molar refractivity (Wildman–Crippen MR) is 63.8 cm³/mol. The molecule has 96 valence electrons. The first-order chi connectivity index (χ1) is 7.97. The van der Waals surface area contributed by atoms with Crippen LogP contribution in [-0.2, 0) is 9.59 Å². The van der Waals surface area contributed by atoms with Crippen molar-refractivity contribution >= 4 is 29.7 Å². The minimum Gasteiger partial charge on any atom is -0.481 e. The highest BCUT2D eigenvalue weighted by atomic mass is 32.2. The predicted octanol–water partition coefficient (Wildman–Crippen LogP) is 0.430. The Morgan fingerprint density at radius 1 is 1.35 bits per heavy atom. The van der Waals surface area contributed by atoms with Gasteiger partial charge in [-0.2, -0.15) is 11.8 Å². The molecule has 1 saturated carbocycles. The van der Waals surface area contributed by atoms with E-state index in [1.54, 1.807) is 0 Å². The van der Waals surface area contributed by atoms with E-state index in [0.717, 1.165) is 12.8 Å². The summed E-state index contributed by atoms with van der Waals surface area (Å²) in [7, 11) is 1.43. The van der Waals surface area contributed by atoms with Crippen LogP contribution in [0.2, 0.25) is 0 Å². The second kappa shape index (κ2) is 5.90. The molecule has 3 amide bonds. The average molecular weight is 260 g/mol. The van der Waals surface area contributed by atoms with Crippen LogP contribution in [0.1, 0.15) is 19.3 Å². The van der Waals surface area contributed by atoms with Gasteiger partial charge in [0, 0.05) is 7.05 Å². The fourth-order valence-corrected chi connectivity index (χ4v) is 2.64. The summed E-state index contributed by atoms with van der Waals surface area (Å²) in [6, 6.07) is -0.526. The van der Waals surface area contributed by atoms with E-state index in [0.29, 0.717) is 5.75 Å². The van der Waals surface area contributed by atoms with Gasteiger partial charge in [-0.05, 0) is 24.0 Å². The number of nitrogens with one attached hydrogen (secondary N) is 2. The van der Waals surface area contributed by atoms with Crippen molar-refractivity contribution < 1.29 is 19.5 Å². The van der Waals surface area contributed by atoms with Gasteiger partial charge in [-0.25, -0.2) is 4.79 Å². The van der Waals surface area contributed by atoms with Gasteiger partial charge in [0.05, 0.1) is 12.2 Å². The zero-order valence-electron chi connectivity index (χ0n) is 9.62. The molecule has 0 heterocycles. The Kier molecular flexibility index (Phi) is 4.80. The molecule has 1 aliphatic rings. The van der Waals surface area contributed by atoms with Crippen molar-refractivity contribution in [1.29, 1.82) is 0 Å². The number of carboxylic acids is 1. The van der Waals surface area contributed by atoms with Crippen LogP contribution >= 0.6 is 11.8 Å². The standard InChI is InChI=1S/C10H16N2O4S/c1-11-9(16)12-7(13)5-17-6-10(2-3-10)4-8(14)15/h2-6H2,1H3,(H,14,15)(H2,11,12,13,16). The molecule has 0 saturated heterocycles. The van der Waals surface area contributed by atoms with E-state index < -0.39 is 12.0 Å². The summed E-state index contributed by atoms with van der Waals surface area (Å²) in [5.74, 6) is -0.326. The number of hydrogen-bond donors (Lipinski definition) is 3. The van der Waals surface area contributed by atoms with Crippen molar-refractivity contribution in [2.75, 3.05) is 18.6 Å². The molecule has 6 nitrogen and oxygen atoms in total. The van der Waals surface area contributed by atoms with E-state index in [-0.39, 0.29) is 23.5 Å². The van der Waals surface area contributed by atoms with Gasteiger partial charge in [0.2, 0.25) is 5.91 Å². The third-order valence-corrected chi connectivity index (χ3v) is 3.89. The van der Waals surface area contributed by atoms with Gasteiger partial charge in [-0.1, -0.05) is 0 Å². The van der Waals surface area contributed by atoms with Crippen LogP contribution in [0.4, 0.5) is 4.79 Å². The topological polar surface area (TPSA) is 95.5 Å². The number of carboxylic acid groups (broad SMARTS) is 1. The number of carbonyl (C=O) groups excluding carboxylic acids is 2. The van der Waals surface area contributed by atoms with Gasteiger partial charge in [0.15, 0.2) is 0 Å². The normalized spacial score (nSPS) is 16.1. The second-order valence-corrected chi connectivity index (χ2v) is 5.18. The third-order valence-electron chi connectivity index (χ3n) is 2.60. The first-order valence-electron chi connectivity index (χ1n) is 5.28. The summed E-state index contributed by atoms with van der Waals surface area (Å²) in [4.78, 5) is 32.6. The number of imide groups is 1. The zero-order chi connectivity index (χ0) is 12.9. The summed E-state index contributed by atoms with van der Waals surface area (Å²) in [5.41, 5.74) is -0.121. The number of rotatable bonds is 6. The van der Waals surface area contributed by atoms with Crippen LogP contribution < -0.4 is 10.6 Å². The quantitative estimate of drug-likeness (QED) is 0.643. The maximum absolute atomic E-state index is 11.2. The molecule has 0 atom stereocenters. The SMILES string of the molecule is CNC(=O)NC(=O)CSCC1(CC(=O)O)CC1. The van der Waals surface area contributed by atoms with E-state index in [1.165, 1.54) is 18.8 Å². The molecule has 0 spiro atoms. The highest BCUT2D eigenvalue weighted by molar-refractivity contribution is 8.00. The highest BCUT2D eigenvalue weighted by Crippen LogP contribution is 2.50. The number of thioether (sulfide) groups is 1. The maximum atomic E-state index is 11.2. The number of amides is 3. The molecule has 0 aliphatic heterocycles. The van der Waals surface area contributed by atoms with Crippen LogP contribution in [0.5, 0.6) is 0 Å². The Hall–Kier alpha value is -1.24. The molecule has 0 bridgehead atoms. The van der Waals surface area contributed by atoms with E-state index in [4.69, 9.17) is 5.11 Å². The fourth-order valence-electron chi connectivity index (χ4n) is 1.46. The summed E-state index contributed by atoms with van der Waals surface area (Å²) in [5, 5.41) is 13.1. The van der Waals surface area contributed by atoms with Crippen molar-refractivity contribution in [3.63, 3.8) is 0 Å². The molecule has 0 aromatic rings. The molecular weight excluding hydrogens is 244 g/mol. The van der Waals surface area contributed by atoms with Gasteiger partial charge in [0.25, 0.3) is 0 Å². The van der Waals surface area contributed by atoms with Crippen LogP contribution in [0.15, 0.2) is 0 Å². The van der Waals surface area contributed by atoms with Gasteiger partial charge < -0.3 is 10.4 Å². The van der Waals surface area contributed by atoms with Gasteiger partial charge in [-0.15, -0.1) is 0 Å². The lowest BCUT2D eigenvalue weighted by atomic mass is 10.1. The molecule has 0 unspecified atom stereocenters. The lowest BCUT2D eigenvalue weighted by Gasteiger charge is -2.11. The van der Waals surface area contributed by atoms with Crippen molar-refractivity contribution in [3.05, 3.63) is 0 Å². The highest BCUT2D eigenvalue weighted by Gasteiger charge is 2.44. The molecule has 1 rings (SSSR count). The molecule has 3 N–H and O–H groups in total. The Bertz CT molecular complexity index is 328. The first-order valence-corrected chi connectivity index (χ1v) is 6.44. The molecule has 17 heavy (non-hydrogen) atoms. The number of carbonyl (C=O) groups is 3. The third kappa shape index (κ3) is 5.08. The van der Waals surface area contributed by atoms with Gasteiger partial charge >= 0.3 is 12.0 Å².